The van der Waals surface area contributed by atoms with Gasteiger partial charge in [-0.15, -0.1) is 24.0 Å². The van der Waals surface area contributed by atoms with Crippen LogP contribution in [0.5, 0.6) is 0 Å². The Labute approximate surface area is 146 Å². The zero-order chi connectivity index (χ0) is 15.2. The Balaban J connectivity index is 0.00000242. The summed E-state index contributed by atoms with van der Waals surface area (Å²) in [6.07, 6.45) is 0. The van der Waals surface area contributed by atoms with E-state index in [-0.39, 0.29) is 29.8 Å². The van der Waals surface area contributed by atoms with E-state index in [0.29, 0.717) is 31.2 Å². The van der Waals surface area contributed by atoms with Gasteiger partial charge in [-0.25, -0.2) is 4.39 Å². The normalized spacial score (nSPS) is 11.4. The molecule has 2 aromatic rings. The number of furan rings is 1. The molecule has 22 heavy (non-hydrogen) atoms. The molecule has 5 nitrogen and oxygen atoms in total. The fourth-order valence-electron chi connectivity index (χ4n) is 2.07. The van der Waals surface area contributed by atoms with E-state index in [0.717, 1.165) is 16.7 Å². The highest BCUT2D eigenvalue weighted by Crippen LogP contribution is 2.25. The predicted octanol–water partition coefficient (Wildman–Crippen LogP) is 2.81. The Morgan fingerprint density at radius 3 is 2.82 bits per heavy atom. The minimum Gasteiger partial charge on any atom is -0.459 e. The molecular formula is C15H21FIN3O2. The van der Waals surface area contributed by atoms with E-state index >= 15 is 0 Å². The quantitative estimate of drug-likeness (QED) is 0.338. The van der Waals surface area contributed by atoms with Gasteiger partial charge in [-0.05, 0) is 25.1 Å². The molecule has 2 N–H and O–H groups in total. The van der Waals surface area contributed by atoms with Crippen LogP contribution in [0.15, 0.2) is 27.6 Å². The van der Waals surface area contributed by atoms with Crippen molar-refractivity contribution >= 4 is 40.9 Å². The molecule has 1 heterocycles. The topological polar surface area (TPSA) is 58.8 Å². The number of fused-ring (bicyclic) bond motifs is 1. The summed E-state index contributed by atoms with van der Waals surface area (Å²) < 4.78 is 24.0. The van der Waals surface area contributed by atoms with Crippen molar-refractivity contribution in [1.82, 2.24) is 10.6 Å². The fourth-order valence-corrected chi connectivity index (χ4v) is 2.07. The second-order valence-corrected chi connectivity index (χ2v) is 4.64. The van der Waals surface area contributed by atoms with Crippen LogP contribution in [0.2, 0.25) is 0 Å². The SMILES string of the molecule is CN=C(NCCOC)NCc1oc2ccc(F)cc2c1C.I. The van der Waals surface area contributed by atoms with Gasteiger partial charge in [-0.2, -0.15) is 0 Å². The molecule has 0 aliphatic heterocycles. The minimum atomic E-state index is -0.261. The average Bonchev–Trinajstić information content (AvgIpc) is 2.79. The number of hydrogen-bond acceptors (Lipinski definition) is 3. The smallest absolute Gasteiger partial charge is 0.191 e. The zero-order valence-corrected chi connectivity index (χ0v) is 15.2. The molecule has 0 amide bonds. The van der Waals surface area contributed by atoms with E-state index in [2.05, 4.69) is 15.6 Å². The van der Waals surface area contributed by atoms with Gasteiger partial charge in [0.1, 0.15) is 17.2 Å². The van der Waals surface area contributed by atoms with Gasteiger partial charge in [-0.3, -0.25) is 4.99 Å². The molecule has 0 radical (unpaired) electrons. The number of methoxy groups -OCH3 is 1. The van der Waals surface area contributed by atoms with Crippen LogP contribution < -0.4 is 10.6 Å². The molecule has 0 unspecified atom stereocenters. The summed E-state index contributed by atoms with van der Waals surface area (Å²) in [4.78, 5) is 4.11. The summed E-state index contributed by atoms with van der Waals surface area (Å²) in [6.45, 7) is 3.67. The number of nitrogens with one attached hydrogen (secondary N) is 2. The van der Waals surface area contributed by atoms with Gasteiger partial charge in [0, 0.05) is 31.7 Å². The summed E-state index contributed by atoms with van der Waals surface area (Å²) in [5, 5.41) is 7.07. The molecule has 0 fully saturated rings. The molecule has 0 aliphatic rings. The molecule has 1 aromatic heterocycles. The van der Waals surface area contributed by atoms with Crippen molar-refractivity contribution in [3.8, 4) is 0 Å². The Morgan fingerprint density at radius 2 is 2.14 bits per heavy atom. The molecule has 0 saturated heterocycles. The zero-order valence-electron chi connectivity index (χ0n) is 12.9. The molecular weight excluding hydrogens is 400 g/mol. The number of ether oxygens (including phenoxy) is 1. The molecule has 0 saturated carbocycles. The van der Waals surface area contributed by atoms with E-state index in [4.69, 9.17) is 9.15 Å². The van der Waals surface area contributed by atoms with Crippen molar-refractivity contribution in [1.29, 1.82) is 0 Å². The number of aryl methyl sites for hydroxylation is 1. The third-order valence-electron chi connectivity index (χ3n) is 3.24. The molecule has 1 aromatic carbocycles. The second-order valence-electron chi connectivity index (χ2n) is 4.64. The first-order valence-corrected chi connectivity index (χ1v) is 6.76. The maximum absolute atomic E-state index is 13.3. The first kappa shape index (κ1) is 18.7. The predicted molar refractivity (Wildman–Crippen MR) is 96.4 cm³/mol. The number of aliphatic imine (C=N–C) groups is 1. The van der Waals surface area contributed by atoms with E-state index in [9.17, 15) is 4.39 Å². The van der Waals surface area contributed by atoms with Crippen LogP contribution in [0.1, 0.15) is 11.3 Å². The molecule has 122 valence electrons. The molecule has 0 atom stereocenters. The fraction of sp³-hybridized carbons (Fsp3) is 0.400. The van der Waals surface area contributed by atoms with Gasteiger partial charge < -0.3 is 19.8 Å². The summed E-state index contributed by atoms with van der Waals surface area (Å²) in [6, 6.07) is 4.53. The molecule has 0 spiro atoms. The monoisotopic (exact) mass is 421 g/mol. The lowest BCUT2D eigenvalue weighted by molar-refractivity contribution is 0.203. The highest BCUT2D eigenvalue weighted by Gasteiger charge is 2.11. The Hall–Kier alpha value is -1.35. The van der Waals surface area contributed by atoms with Crippen LogP contribution in [0, 0.1) is 12.7 Å². The summed E-state index contributed by atoms with van der Waals surface area (Å²) in [5.74, 6) is 1.17. The van der Waals surface area contributed by atoms with Crippen LogP contribution >= 0.6 is 24.0 Å². The van der Waals surface area contributed by atoms with Crippen LogP contribution in [0.3, 0.4) is 0 Å². The Kier molecular flexibility index (Phi) is 7.60. The number of hydrogen-bond donors (Lipinski definition) is 2. The lowest BCUT2D eigenvalue weighted by Crippen LogP contribution is -2.38. The molecule has 0 aliphatic carbocycles. The lowest BCUT2D eigenvalue weighted by atomic mass is 10.1. The van der Waals surface area contributed by atoms with Gasteiger partial charge in [-0.1, -0.05) is 0 Å². The van der Waals surface area contributed by atoms with Crippen molar-refractivity contribution in [2.45, 2.75) is 13.5 Å². The summed E-state index contributed by atoms with van der Waals surface area (Å²) in [5.41, 5.74) is 1.62. The number of benzene rings is 1. The van der Waals surface area contributed by atoms with Crippen molar-refractivity contribution < 1.29 is 13.5 Å². The lowest BCUT2D eigenvalue weighted by Gasteiger charge is -2.10. The third kappa shape index (κ3) is 4.57. The van der Waals surface area contributed by atoms with Gasteiger partial charge in [0.2, 0.25) is 0 Å². The van der Waals surface area contributed by atoms with Gasteiger partial charge >= 0.3 is 0 Å². The Bertz CT molecular complexity index is 643. The maximum Gasteiger partial charge on any atom is 0.191 e. The molecule has 7 heteroatoms. The third-order valence-corrected chi connectivity index (χ3v) is 3.24. The van der Waals surface area contributed by atoms with Gasteiger partial charge in [0.15, 0.2) is 5.96 Å². The second kappa shape index (κ2) is 8.94. The maximum atomic E-state index is 13.3. The van der Waals surface area contributed by atoms with Gasteiger partial charge in [0.05, 0.1) is 13.2 Å². The minimum absolute atomic E-state index is 0. The summed E-state index contributed by atoms with van der Waals surface area (Å²) >= 11 is 0. The Morgan fingerprint density at radius 1 is 1.36 bits per heavy atom. The highest BCUT2D eigenvalue weighted by atomic mass is 127. The molecule has 2 rings (SSSR count). The standard InChI is InChI=1S/C15H20FN3O2.HI/c1-10-12-8-11(16)4-5-13(12)21-14(10)9-19-15(17-2)18-6-7-20-3;/h4-5,8H,6-7,9H2,1-3H3,(H2,17,18,19);1H. The van der Waals surface area contributed by atoms with Crippen molar-refractivity contribution in [2.75, 3.05) is 27.3 Å². The first-order valence-electron chi connectivity index (χ1n) is 6.76. The van der Waals surface area contributed by atoms with E-state index in [1.807, 2.05) is 6.92 Å². The van der Waals surface area contributed by atoms with E-state index in [1.54, 1.807) is 20.2 Å². The van der Waals surface area contributed by atoms with Crippen molar-refractivity contribution in [3.05, 3.63) is 35.3 Å². The van der Waals surface area contributed by atoms with Gasteiger partial charge in [0.25, 0.3) is 0 Å². The number of nitrogens with zero attached hydrogens (tertiary/aromatic N) is 1. The van der Waals surface area contributed by atoms with E-state index in [1.165, 1.54) is 12.1 Å². The number of guanidine groups is 1. The van der Waals surface area contributed by atoms with Crippen molar-refractivity contribution in [2.24, 2.45) is 4.99 Å². The van der Waals surface area contributed by atoms with Crippen LogP contribution in [0.25, 0.3) is 11.0 Å². The van der Waals surface area contributed by atoms with Crippen LogP contribution in [-0.2, 0) is 11.3 Å². The van der Waals surface area contributed by atoms with Crippen molar-refractivity contribution in [3.63, 3.8) is 0 Å². The summed E-state index contributed by atoms with van der Waals surface area (Å²) in [7, 11) is 3.35. The highest BCUT2D eigenvalue weighted by molar-refractivity contribution is 14.0. The first-order chi connectivity index (χ1) is 10.2. The number of rotatable bonds is 5. The van der Waals surface area contributed by atoms with Crippen LogP contribution in [0.4, 0.5) is 4.39 Å². The number of halogens is 2. The average molecular weight is 421 g/mol. The molecule has 0 bridgehead atoms. The van der Waals surface area contributed by atoms with E-state index < -0.39 is 0 Å². The largest absolute Gasteiger partial charge is 0.459 e. The van der Waals surface area contributed by atoms with Crippen LogP contribution in [-0.4, -0.2) is 33.3 Å².